The number of rotatable bonds is 4. The van der Waals surface area contributed by atoms with Crippen molar-refractivity contribution >= 4 is 11.8 Å². The zero-order valence-electron chi connectivity index (χ0n) is 11.5. The Morgan fingerprint density at radius 3 is 3.05 bits per heavy atom. The highest BCUT2D eigenvalue weighted by Crippen LogP contribution is 2.25. The average molecular weight is 264 g/mol. The Kier molecular flexibility index (Phi) is 4.60. The Hall–Kier alpha value is -1.78. The quantitative estimate of drug-likeness (QED) is 0.779. The molecular formula is C14H20N2O3. The molecule has 0 radical (unpaired) electrons. The Balaban J connectivity index is 2.20. The van der Waals surface area contributed by atoms with E-state index in [9.17, 15) is 4.79 Å². The predicted molar refractivity (Wildman–Crippen MR) is 72.4 cm³/mol. The molecule has 1 aliphatic rings. The van der Waals surface area contributed by atoms with Gasteiger partial charge in [0.1, 0.15) is 11.9 Å². The summed E-state index contributed by atoms with van der Waals surface area (Å²) < 4.78 is 10.3. The Morgan fingerprint density at radius 1 is 1.47 bits per heavy atom. The first kappa shape index (κ1) is 13.6. The van der Waals surface area contributed by atoms with Crippen LogP contribution in [0.3, 0.4) is 0 Å². The number of pyridine rings is 1. The van der Waals surface area contributed by atoms with Crippen LogP contribution in [0.1, 0.15) is 26.2 Å². The van der Waals surface area contributed by atoms with Crippen molar-refractivity contribution in [3.05, 3.63) is 18.2 Å². The SMILES string of the molecule is CCOC(=O)C1CCCCN1c1cccc(OC)n1. The number of esters is 1. The average Bonchev–Trinajstić information content (AvgIpc) is 2.47. The molecule has 1 aromatic rings. The van der Waals surface area contributed by atoms with E-state index in [-0.39, 0.29) is 12.0 Å². The topological polar surface area (TPSA) is 51.7 Å². The molecule has 5 heteroatoms. The molecule has 1 unspecified atom stereocenters. The van der Waals surface area contributed by atoms with E-state index in [1.54, 1.807) is 13.2 Å². The van der Waals surface area contributed by atoms with Gasteiger partial charge in [0.25, 0.3) is 0 Å². The number of piperidine rings is 1. The van der Waals surface area contributed by atoms with Gasteiger partial charge in [-0.05, 0) is 32.3 Å². The van der Waals surface area contributed by atoms with Gasteiger partial charge in [0, 0.05) is 12.6 Å². The molecule has 0 spiro atoms. The zero-order chi connectivity index (χ0) is 13.7. The van der Waals surface area contributed by atoms with Gasteiger partial charge < -0.3 is 14.4 Å². The molecule has 5 nitrogen and oxygen atoms in total. The van der Waals surface area contributed by atoms with Crippen LogP contribution < -0.4 is 9.64 Å². The number of anilines is 1. The van der Waals surface area contributed by atoms with Gasteiger partial charge in [-0.1, -0.05) is 6.07 Å². The molecule has 1 fully saturated rings. The van der Waals surface area contributed by atoms with Gasteiger partial charge in [0.15, 0.2) is 0 Å². The Morgan fingerprint density at radius 2 is 2.32 bits per heavy atom. The molecular weight excluding hydrogens is 244 g/mol. The zero-order valence-corrected chi connectivity index (χ0v) is 11.5. The summed E-state index contributed by atoms with van der Waals surface area (Å²) in [6, 6.07) is 5.36. The molecule has 1 atom stereocenters. The fourth-order valence-electron chi connectivity index (χ4n) is 2.37. The molecule has 2 rings (SSSR count). The number of carbonyl (C=O) groups is 1. The predicted octanol–water partition coefficient (Wildman–Crippen LogP) is 2.01. The molecule has 104 valence electrons. The minimum atomic E-state index is -0.228. The summed E-state index contributed by atoms with van der Waals surface area (Å²) in [5.41, 5.74) is 0. The molecule has 0 aromatic carbocycles. The van der Waals surface area contributed by atoms with Crippen molar-refractivity contribution in [1.29, 1.82) is 0 Å². The first-order valence-electron chi connectivity index (χ1n) is 6.70. The first-order chi connectivity index (χ1) is 9.26. The smallest absolute Gasteiger partial charge is 0.328 e. The maximum Gasteiger partial charge on any atom is 0.328 e. The van der Waals surface area contributed by atoms with Crippen molar-refractivity contribution in [2.75, 3.05) is 25.2 Å². The number of hydrogen-bond donors (Lipinski definition) is 0. The van der Waals surface area contributed by atoms with Crippen LogP contribution in [-0.2, 0) is 9.53 Å². The van der Waals surface area contributed by atoms with Gasteiger partial charge in [-0.25, -0.2) is 4.79 Å². The monoisotopic (exact) mass is 264 g/mol. The lowest BCUT2D eigenvalue weighted by Crippen LogP contribution is -2.46. The summed E-state index contributed by atoms with van der Waals surface area (Å²) in [5, 5.41) is 0. The van der Waals surface area contributed by atoms with E-state index in [1.165, 1.54) is 0 Å². The van der Waals surface area contributed by atoms with Gasteiger partial charge in [0.05, 0.1) is 13.7 Å². The van der Waals surface area contributed by atoms with Crippen LogP contribution >= 0.6 is 0 Å². The highest BCUT2D eigenvalue weighted by molar-refractivity contribution is 5.80. The summed E-state index contributed by atoms with van der Waals surface area (Å²) in [5.74, 6) is 1.18. The van der Waals surface area contributed by atoms with E-state index in [4.69, 9.17) is 9.47 Å². The number of ether oxygens (including phenoxy) is 2. The lowest BCUT2D eigenvalue weighted by molar-refractivity contribution is -0.145. The largest absolute Gasteiger partial charge is 0.481 e. The maximum absolute atomic E-state index is 12.0. The summed E-state index contributed by atoms with van der Waals surface area (Å²) in [7, 11) is 1.59. The van der Waals surface area contributed by atoms with E-state index in [2.05, 4.69) is 4.98 Å². The van der Waals surface area contributed by atoms with E-state index in [0.717, 1.165) is 31.6 Å². The number of methoxy groups -OCH3 is 1. The lowest BCUT2D eigenvalue weighted by atomic mass is 10.0. The Labute approximate surface area is 113 Å². The van der Waals surface area contributed by atoms with E-state index in [0.29, 0.717) is 12.5 Å². The van der Waals surface area contributed by atoms with E-state index < -0.39 is 0 Å². The van der Waals surface area contributed by atoms with Crippen LogP contribution in [0.5, 0.6) is 5.88 Å². The third-order valence-corrected chi connectivity index (χ3v) is 3.27. The van der Waals surface area contributed by atoms with Gasteiger partial charge in [-0.2, -0.15) is 4.98 Å². The summed E-state index contributed by atoms with van der Waals surface area (Å²) >= 11 is 0. The number of carbonyl (C=O) groups excluding carboxylic acids is 1. The van der Waals surface area contributed by atoms with Crippen molar-refractivity contribution in [3.63, 3.8) is 0 Å². The van der Waals surface area contributed by atoms with E-state index in [1.807, 2.05) is 24.0 Å². The summed E-state index contributed by atoms with van der Waals surface area (Å²) in [6.45, 7) is 3.06. The van der Waals surface area contributed by atoms with Crippen molar-refractivity contribution in [3.8, 4) is 5.88 Å². The van der Waals surface area contributed by atoms with Gasteiger partial charge in [-0.15, -0.1) is 0 Å². The fourth-order valence-corrected chi connectivity index (χ4v) is 2.37. The Bertz CT molecular complexity index is 436. The molecule has 19 heavy (non-hydrogen) atoms. The highest BCUT2D eigenvalue weighted by Gasteiger charge is 2.30. The number of hydrogen-bond acceptors (Lipinski definition) is 5. The molecule has 2 heterocycles. The minimum Gasteiger partial charge on any atom is -0.481 e. The van der Waals surface area contributed by atoms with Crippen molar-refractivity contribution < 1.29 is 14.3 Å². The van der Waals surface area contributed by atoms with Gasteiger partial charge in [0.2, 0.25) is 5.88 Å². The third-order valence-electron chi connectivity index (χ3n) is 3.27. The molecule has 0 aliphatic carbocycles. The molecule has 0 saturated carbocycles. The highest BCUT2D eigenvalue weighted by atomic mass is 16.5. The molecule has 0 bridgehead atoms. The van der Waals surface area contributed by atoms with Crippen LogP contribution in [0.25, 0.3) is 0 Å². The van der Waals surface area contributed by atoms with Crippen molar-refractivity contribution in [2.45, 2.75) is 32.2 Å². The van der Waals surface area contributed by atoms with Crippen LogP contribution in [0, 0.1) is 0 Å². The molecule has 1 aliphatic heterocycles. The number of nitrogens with zero attached hydrogens (tertiary/aromatic N) is 2. The van der Waals surface area contributed by atoms with Gasteiger partial charge in [-0.3, -0.25) is 0 Å². The van der Waals surface area contributed by atoms with Gasteiger partial charge >= 0.3 is 5.97 Å². The number of aromatic nitrogens is 1. The normalized spacial score (nSPS) is 19.1. The second-order valence-electron chi connectivity index (χ2n) is 4.50. The fraction of sp³-hybridized carbons (Fsp3) is 0.571. The van der Waals surface area contributed by atoms with Crippen molar-refractivity contribution in [1.82, 2.24) is 4.98 Å². The molecule has 1 aromatic heterocycles. The first-order valence-corrected chi connectivity index (χ1v) is 6.70. The molecule has 1 saturated heterocycles. The standard InChI is InChI=1S/C14H20N2O3/c1-3-19-14(17)11-7-4-5-10-16(11)12-8-6-9-13(15-12)18-2/h6,8-9,11H,3-5,7,10H2,1-2H3. The van der Waals surface area contributed by atoms with Crippen LogP contribution in [0.15, 0.2) is 18.2 Å². The minimum absolute atomic E-state index is 0.160. The molecule has 0 amide bonds. The molecule has 0 N–H and O–H groups in total. The van der Waals surface area contributed by atoms with Crippen LogP contribution in [0.2, 0.25) is 0 Å². The second kappa shape index (κ2) is 6.41. The second-order valence-corrected chi connectivity index (χ2v) is 4.50. The van der Waals surface area contributed by atoms with Crippen LogP contribution in [0.4, 0.5) is 5.82 Å². The maximum atomic E-state index is 12.0. The summed E-state index contributed by atoms with van der Waals surface area (Å²) in [4.78, 5) is 18.4. The van der Waals surface area contributed by atoms with Crippen molar-refractivity contribution in [2.24, 2.45) is 0 Å². The third kappa shape index (κ3) is 3.16. The lowest BCUT2D eigenvalue weighted by Gasteiger charge is -2.34. The van der Waals surface area contributed by atoms with Crippen LogP contribution in [-0.4, -0.2) is 37.3 Å². The van der Waals surface area contributed by atoms with E-state index >= 15 is 0 Å². The summed E-state index contributed by atoms with van der Waals surface area (Å²) in [6.07, 6.45) is 2.93.